The summed E-state index contributed by atoms with van der Waals surface area (Å²) in [5, 5.41) is 0.325. The van der Waals surface area contributed by atoms with E-state index >= 15 is 0 Å². The van der Waals surface area contributed by atoms with E-state index in [1.54, 1.807) is 0 Å². The number of hydrogen-bond acceptors (Lipinski definition) is 3. The zero-order chi connectivity index (χ0) is 24.4. The SMILES string of the molecule is CCCCCCC(C/C=C\CCCCCCCCO[Si](C)(C)C(C)(C)C)OC1CCCCO1. The standard InChI is InChI=1S/C29H58O3Si/c1-7-8-9-17-22-27(32-28-24-19-21-25-30-28)23-18-15-13-11-10-12-14-16-20-26-31-33(5,6)29(2,3)4/h15,18,27-28H,7-14,16-17,19-26H2,1-6H3/b18-15-. The molecule has 1 saturated heterocycles. The first-order chi connectivity index (χ1) is 15.8. The molecule has 2 atom stereocenters. The van der Waals surface area contributed by atoms with Gasteiger partial charge in [0.2, 0.25) is 0 Å². The lowest BCUT2D eigenvalue weighted by atomic mass is 10.1. The van der Waals surface area contributed by atoms with Gasteiger partial charge in [-0.2, -0.15) is 0 Å². The van der Waals surface area contributed by atoms with Crippen LogP contribution in [0.25, 0.3) is 0 Å². The van der Waals surface area contributed by atoms with E-state index in [0.29, 0.717) is 11.1 Å². The summed E-state index contributed by atoms with van der Waals surface area (Å²) >= 11 is 0. The zero-order valence-corrected chi connectivity index (χ0v) is 24.3. The predicted molar refractivity (Wildman–Crippen MR) is 146 cm³/mol. The van der Waals surface area contributed by atoms with Gasteiger partial charge in [-0.1, -0.05) is 91.2 Å². The molecule has 0 spiro atoms. The molecule has 196 valence electrons. The van der Waals surface area contributed by atoms with Crippen LogP contribution in [0.15, 0.2) is 12.2 Å². The molecule has 3 nitrogen and oxygen atoms in total. The predicted octanol–water partition coefficient (Wildman–Crippen LogP) is 9.57. The van der Waals surface area contributed by atoms with Crippen LogP contribution in [0.5, 0.6) is 0 Å². The number of unbranched alkanes of at least 4 members (excludes halogenated alkanes) is 9. The van der Waals surface area contributed by atoms with E-state index in [1.165, 1.54) is 89.9 Å². The monoisotopic (exact) mass is 482 g/mol. The van der Waals surface area contributed by atoms with Gasteiger partial charge in [-0.3, -0.25) is 0 Å². The zero-order valence-electron chi connectivity index (χ0n) is 23.3. The molecule has 1 aliphatic heterocycles. The highest BCUT2D eigenvalue weighted by molar-refractivity contribution is 6.74. The Morgan fingerprint density at radius 3 is 2.27 bits per heavy atom. The molecule has 1 heterocycles. The van der Waals surface area contributed by atoms with Crippen molar-refractivity contribution in [2.24, 2.45) is 0 Å². The highest BCUT2D eigenvalue weighted by Gasteiger charge is 2.36. The number of hydrogen-bond donors (Lipinski definition) is 0. The normalized spacial score (nSPS) is 18.8. The van der Waals surface area contributed by atoms with Crippen molar-refractivity contribution in [3.8, 4) is 0 Å². The lowest BCUT2D eigenvalue weighted by Crippen LogP contribution is -2.40. The van der Waals surface area contributed by atoms with Crippen molar-refractivity contribution in [1.82, 2.24) is 0 Å². The smallest absolute Gasteiger partial charge is 0.191 e. The Kier molecular flexibility index (Phi) is 17.0. The maximum Gasteiger partial charge on any atom is 0.191 e. The van der Waals surface area contributed by atoms with Gasteiger partial charge in [0.1, 0.15) is 0 Å². The second-order valence-corrected chi connectivity index (χ2v) is 16.4. The molecule has 0 aromatic rings. The molecule has 2 unspecified atom stereocenters. The molecule has 0 aliphatic carbocycles. The summed E-state index contributed by atoms with van der Waals surface area (Å²) < 4.78 is 18.4. The third-order valence-electron chi connectivity index (χ3n) is 7.46. The van der Waals surface area contributed by atoms with Crippen LogP contribution < -0.4 is 0 Å². The van der Waals surface area contributed by atoms with Crippen molar-refractivity contribution in [2.75, 3.05) is 13.2 Å². The molecule has 0 amide bonds. The highest BCUT2D eigenvalue weighted by Crippen LogP contribution is 2.36. The first kappa shape index (κ1) is 30.9. The van der Waals surface area contributed by atoms with E-state index in [0.717, 1.165) is 26.1 Å². The minimum atomic E-state index is -1.56. The van der Waals surface area contributed by atoms with Crippen LogP contribution in [0, 0.1) is 0 Å². The summed E-state index contributed by atoms with van der Waals surface area (Å²) in [6.45, 7) is 15.8. The van der Waals surface area contributed by atoms with Gasteiger partial charge in [-0.15, -0.1) is 0 Å². The minimum absolute atomic E-state index is 0.0376. The van der Waals surface area contributed by atoms with Crippen molar-refractivity contribution in [3.63, 3.8) is 0 Å². The van der Waals surface area contributed by atoms with Crippen molar-refractivity contribution in [3.05, 3.63) is 12.2 Å². The van der Waals surface area contributed by atoms with Crippen LogP contribution >= 0.6 is 0 Å². The van der Waals surface area contributed by atoms with Crippen molar-refractivity contribution >= 4 is 8.32 Å². The highest BCUT2D eigenvalue weighted by atomic mass is 28.4. The van der Waals surface area contributed by atoms with Gasteiger partial charge in [0.15, 0.2) is 14.6 Å². The quantitative estimate of drug-likeness (QED) is 0.104. The van der Waals surface area contributed by atoms with Gasteiger partial charge in [0, 0.05) is 13.2 Å². The Labute approximate surface area is 208 Å². The summed E-state index contributed by atoms with van der Waals surface area (Å²) in [7, 11) is -1.56. The van der Waals surface area contributed by atoms with Gasteiger partial charge < -0.3 is 13.9 Å². The van der Waals surface area contributed by atoms with E-state index in [9.17, 15) is 0 Å². The van der Waals surface area contributed by atoms with Crippen LogP contribution in [0.2, 0.25) is 18.1 Å². The fourth-order valence-electron chi connectivity index (χ4n) is 4.05. The largest absolute Gasteiger partial charge is 0.417 e. The number of rotatable bonds is 19. The molecule has 0 bridgehead atoms. The lowest BCUT2D eigenvalue weighted by molar-refractivity contribution is -0.188. The van der Waals surface area contributed by atoms with Gasteiger partial charge in [0.05, 0.1) is 6.10 Å². The van der Waals surface area contributed by atoms with E-state index < -0.39 is 8.32 Å². The van der Waals surface area contributed by atoms with Crippen LogP contribution in [0.4, 0.5) is 0 Å². The summed E-state index contributed by atoms with van der Waals surface area (Å²) in [4.78, 5) is 0. The topological polar surface area (TPSA) is 27.7 Å². The number of allylic oxidation sites excluding steroid dienone is 1. The summed E-state index contributed by atoms with van der Waals surface area (Å²) in [5.41, 5.74) is 0. The van der Waals surface area contributed by atoms with E-state index in [4.69, 9.17) is 13.9 Å². The maximum atomic E-state index is 6.32. The molecule has 4 heteroatoms. The van der Waals surface area contributed by atoms with Crippen molar-refractivity contribution in [2.45, 2.75) is 161 Å². The first-order valence-corrected chi connectivity index (χ1v) is 17.2. The molecule has 1 aliphatic rings. The molecule has 0 aromatic heterocycles. The van der Waals surface area contributed by atoms with Gasteiger partial charge in [0.25, 0.3) is 0 Å². The summed E-state index contributed by atoms with van der Waals surface area (Å²) in [5.74, 6) is 0. The summed E-state index contributed by atoms with van der Waals surface area (Å²) in [6.07, 6.45) is 25.2. The summed E-state index contributed by atoms with van der Waals surface area (Å²) in [6, 6.07) is 0. The van der Waals surface area contributed by atoms with Crippen molar-refractivity contribution < 1.29 is 13.9 Å². The second kappa shape index (κ2) is 18.2. The van der Waals surface area contributed by atoms with E-state index in [-0.39, 0.29) is 6.29 Å². The third kappa shape index (κ3) is 15.4. The van der Waals surface area contributed by atoms with Gasteiger partial charge in [-0.05, 0) is 69.5 Å². The Balaban J connectivity index is 2.08. The van der Waals surface area contributed by atoms with Crippen LogP contribution in [0.3, 0.4) is 0 Å². The molecular formula is C29H58O3Si. The lowest BCUT2D eigenvalue weighted by Gasteiger charge is -2.36. The molecule has 0 aromatic carbocycles. The van der Waals surface area contributed by atoms with Gasteiger partial charge in [-0.25, -0.2) is 0 Å². The van der Waals surface area contributed by atoms with Gasteiger partial charge >= 0.3 is 0 Å². The fourth-order valence-corrected chi connectivity index (χ4v) is 5.14. The molecule has 1 rings (SSSR count). The molecule has 0 N–H and O–H groups in total. The first-order valence-electron chi connectivity index (χ1n) is 14.3. The average Bonchev–Trinajstić information content (AvgIpc) is 2.77. The van der Waals surface area contributed by atoms with E-state index in [2.05, 4.69) is 52.9 Å². The van der Waals surface area contributed by atoms with Crippen molar-refractivity contribution in [1.29, 1.82) is 0 Å². The number of ether oxygens (including phenoxy) is 2. The van der Waals surface area contributed by atoms with E-state index in [1.807, 2.05) is 0 Å². The maximum absolute atomic E-state index is 6.32. The molecule has 33 heavy (non-hydrogen) atoms. The molecule has 0 saturated carbocycles. The molecular weight excluding hydrogens is 424 g/mol. The molecule has 0 radical (unpaired) electrons. The third-order valence-corrected chi connectivity index (χ3v) is 12.0. The Bertz CT molecular complexity index is 478. The fraction of sp³-hybridized carbons (Fsp3) is 0.931. The second-order valence-electron chi connectivity index (χ2n) is 11.6. The average molecular weight is 483 g/mol. The van der Waals surface area contributed by atoms with Crippen LogP contribution in [0.1, 0.15) is 130 Å². The minimum Gasteiger partial charge on any atom is -0.417 e. The molecule has 1 fully saturated rings. The Morgan fingerprint density at radius 1 is 0.909 bits per heavy atom. The van der Waals surface area contributed by atoms with Crippen LogP contribution in [-0.4, -0.2) is 33.9 Å². The van der Waals surface area contributed by atoms with Crippen LogP contribution in [-0.2, 0) is 13.9 Å². The Hall–Kier alpha value is -0.163. The Morgan fingerprint density at radius 2 is 1.61 bits per heavy atom.